The molecule has 0 spiro atoms. The third-order valence-corrected chi connectivity index (χ3v) is 1.92. The zero-order valence-corrected chi connectivity index (χ0v) is 9.33. The van der Waals surface area contributed by atoms with Crippen LogP contribution in [-0.2, 0) is 0 Å². The number of methoxy groups -OCH3 is 1. The fourth-order valence-corrected chi connectivity index (χ4v) is 1.48. The number of hydrogen-bond acceptors (Lipinski definition) is 1. The van der Waals surface area contributed by atoms with Crippen LogP contribution in [0, 0.1) is 6.92 Å². The second-order valence-electron chi connectivity index (χ2n) is 2.58. The first kappa shape index (κ1) is 9.58. The Kier molecular flexibility index (Phi) is 3.59. The summed E-state index contributed by atoms with van der Waals surface area (Å²) in [6, 6.07) is 6.16. The van der Waals surface area contributed by atoms with E-state index in [-0.39, 0.29) is 0 Å². The van der Waals surface area contributed by atoms with E-state index >= 15 is 0 Å². The van der Waals surface area contributed by atoms with E-state index in [4.69, 9.17) is 4.74 Å². The maximum absolute atomic E-state index is 5.15. The first-order valence-corrected chi connectivity index (χ1v) is 4.93. The number of hydrogen-bond donors (Lipinski definition) is 0. The molecule has 0 saturated heterocycles. The summed E-state index contributed by atoms with van der Waals surface area (Å²) in [6.45, 7) is 2.06. The quantitative estimate of drug-likeness (QED) is 0.751. The van der Waals surface area contributed by atoms with Crippen LogP contribution < -0.4 is 4.74 Å². The van der Waals surface area contributed by atoms with Crippen molar-refractivity contribution in [3.63, 3.8) is 0 Å². The monoisotopic (exact) mass is 274 g/mol. The van der Waals surface area contributed by atoms with Gasteiger partial charge in [-0.3, -0.25) is 0 Å². The Morgan fingerprint density at radius 2 is 2.08 bits per heavy atom. The van der Waals surface area contributed by atoms with Crippen LogP contribution in [0.2, 0.25) is 0 Å². The number of aryl methyl sites for hydroxylation is 1. The zero-order valence-electron chi connectivity index (χ0n) is 7.17. The van der Waals surface area contributed by atoms with Gasteiger partial charge in [0, 0.05) is 0 Å². The Morgan fingerprint density at radius 1 is 1.33 bits per heavy atom. The Balaban J connectivity index is 3.06. The number of ether oxygens (including phenoxy) is 1. The SMILES string of the molecule is COc1cc(C)cc(C=CI)c1. The number of halogens is 1. The van der Waals surface area contributed by atoms with Crippen LogP contribution in [-0.4, -0.2) is 7.11 Å². The van der Waals surface area contributed by atoms with Crippen molar-refractivity contribution in [3.05, 3.63) is 33.4 Å². The zero-order chi connectivity index (χ0) is 8.97. The van der Waals surface area contributed by atoms with Crippen molar-refractivity contribution >= 4 is 28.7 Å². The molecule has 0 fully saturated rings. The average molecular weight is 274 g/mol. The summed E-state index contributed by atoms with van der Waals surface area (Å²) >= 11 is 2.21. The van der Waals surface area contributed by atoms with E-state index in [1.807, 2.05) is 16.2 Å². The normalized spacial score (nSPS) is 10.6. The van der Waals surface area contributed by atoms with Gasteiger partial charge in [0.05, 0.1) is 7.11 Å². The van der Waals surface area contributed by atoms with Gasteiger partial charge < -0.3 is 4.74 Å². The first-order chi connectivity index (χ1) is 5.76. The first-order valence-electron chi connectivity index (χ1n) is 3.68. The third kappa shape index (κ3) is 2.52. The minimum Gasteiger partial charge on any atom is -0.497 e. The van der Waals surface area contributed by atoms with E-state index in [9.17, 15) is 0 Å². The summed E-state index contributed by atoms with van der Waals surface area (Å²) in [5.74, 6) is 0.916. The Labute approximate surface area is 86.6 Å². The van der Waals surface area contributed by atoms with Gasteiger partial charge in [-0.25, -0.2) is 0 Å². The van der Waals surface area contributed by atoms with Gasteiger partial charge in [-0.05, 0) is 40.3 Å². The molecule has 0 saturated carbocycles. The van der Waals surface area contributed by atoms with Gasteiger partial charge in [0.15, 0.2) is 0 Å². The predicted molar refractivity (Wildman–Crippen MR) is 60.8 cm³/mol. The van der Waals surface area contributed by atoms with Gasteiger partial charge in [0.1, 0.15) is 5.75 Å². The molecule has 1 rings (SSSR count). The van der Waals surface area contributed by atoms with Crippen molar-refractivity contribution < 1.29 is 4.74 Å². The topological polar surface area (TPSA) is 9.23 Å². The second kappa shape index (κ2) is 4.50. The van der Waals surface area contributed by atoms with Crippen molar-refractivity contribution in [2.24, 2.45) is 0 Å². The van der Waals surface area contributed by atoms with E-state index in [2.05, 4.69) is 41.7 Å². The fourth-order valence-electron chi connectivity index (χ4n) is 1.06. The molecule has 0 unspecified atom stereocenters. The third-order valence-electron chi connectivity index (χ3n) is 1.56. The Hall–Kier alpha value is -0.510. The molecule has 0 radical (unpaired) electrons. The summed E-state index contributed by atoms with van der Waals surface area (Å²) in [5, 5.41) is 0. The standard InChI is InChI=1S/C10H11IO/c1-8-5-9(3-4-11)7-10(6-8)12-2/h3-7H,1-2H3. The summed E-state index contributed by atoms with van der Waals surface area (Å²) in [5.41, 5.74) is 2.40. The molecule has 1 aromatic carbocycles. The number of benzene rings is 1. The van der Waals surface area contributed by atoms with Crippen LogP contribution in [0.1, 0.15) is 11.1 Å². The van der Waals surface area contributed by atoms with Crippen molar-refractivity contribution in [2.75, 3.05) is 7.11 Å². The summed E-state index contributed by atoms with van der Waals surface area (Å²) in [4.78, 5) is 0. The van der Waals surface area contributed by atoms with Crippen molar-refractivity contribution in [3.8, 4) is 5.75 Å². The fraction of sp³-hybridized carbons (Fsp3) is 0.200. The van der Waals surface area contributed by atoms with Gasteiger partial charge in [-0.2, -0.15) is 0 Å². The molecule has 0 aliphatic rings. The summed E-state index contributed by atoms with van der Waals surface area (Å²) in [7, 11) is 1.69. The lowest BCUT2D eigenvalue weighted by atomic mass is 10.1. The highest BCUT2D eigenvalue weighted by molar-refractivity contribution is 14.1. The molecular weight excluding hydrogens is 263 g/mol. The van der Waals surface area contributed by atoms with Gasteiger partial charge in [0.25, 0.3) is 0 Å². The van der Waals surface area contributed by atoms with Crippen LogP contribution in [0.25, 0.3) is 6.08 Å². The van der Waals surface area contributed by atoms with E-state index < -0.39 is 0 Å². The van der Waals surface area contributed by atoms with Crippen LogP contribution in [0.3, 0.4) is 0 Å². The maximum atomic E-state index is 5.15. The Bertz CT molecular complexity index is 292. The summed E-state index contributed by atoms with van der Waals surface area (Å²) < 4.78 is 7.14. The second-order valence-corrected chi connectivity index (χ2v) is 3.30. The van der Waals surface area contributed by atoms with Gasteiger partial charge >= 0.3 is 0 Å². The van der Waals surface area contributed by atoms with E-state index in [0.29, 0.717) is 0 Å². The predicted octanol–water partition coefficient (Wildman–Crippen LogP) is 3.41. The minimum atomic E-state index is 0.916. The molecule has 0 amide bonds. The maximum Gasteiger partial charge on any atom is 0.119 e. The molecule has 2 heteroatoms. The number of rotatable bonds is 2. The van der Waals surface area contributed by atoms with Gasteiger partial charge in [-0.1, -0.05) is 28.7 Å². The highest BCUT2D eigenvalue weighted by Crippen LogP contribution is 2.17. The molecular formula is C10H11IO. The molecule has 1 nitrogen and oxygen atoms in total. The van der Waals surface area contributed by atoms with E-state index in [1.165, 1.54) is 11.1 Å². The molecule has 0 aliphatic heterocycles. The molecule has 12 heavy (non-hydrogen) atoms. The van der Waals surface area contributed by atoms with Crippen LogP contribution in [0.15, 0.2) is 22.3 Å². The highest BCUT2D eigenvalue weighted by Gasteiger charge is 1.94. The van der Waals surface area contributed by atoms with Crippen LogP contribution >= 0.6 is 22.6 Å². The molecule has 0 bridgehead atoms. The molecule has 64 valence electrons. The van der Waals surface area contributed by atoms with Crippen molar-refractivity contribution in [2.45, 2.75) is 6.92 Å². The lowest BCUT2D eigenvalue weighted by molar-refractivity contribution is 0.414. The van der Waals surface area contributed by atoms with Gasteiger partial charge in [-0.15, -0.1) is 0 Å². The molecule has 1 aromatic rings. The molecule has 0 heterocycles. The van der Waals surface area contributed by atoms with Crippen LogP contribution in [0.5, 0.6) is 5.75 Å². The molecule has 0 atom stereocenters. The largest absolute Gasteiger partial charge is 0.497 e. The lowest BCUT2D eigenvalue weighted by Gasteiger charge is -2.02. The molecule has 0 aliphatic carbocycles. The average Bonchev–Trinajstić information content (AvgIpc) is 2.04. The Morgan fingerprint density at radius 3 is 2.67 bits per heavy atom. The smallest absolute Gasteiger partial charge is 0.119 e. The highest BCUT2D eigenvalue weighted by atomic mass is 127. The van der Waals surface area contributed by atoms with E-state index in [1.54, 1.807) is 7.11 Å². The summed E-state index contributed by atoms with van der Waals surface area (Å²) in [6.07, 6.45) is 2.05. The van der Waals surface area contributed by atoms with E-state index in [0.717, 1.165) is 5.75 Å². The minimum absolute atomic E-state index is 0.916. The van der Waals surface area contributed by atoms with Gasteiger partial charge in [0.2, 0.25) is 0 Å². The van der Waals surface area contributed by atoms with Crippen LogP contribution in [0.4, 0.5) is 0 Å². The molecule has 0 aromatic heterocycles. The van der Waals surface area contributed by atoms with Crippen molar-refractivity contribution in [1.82, 2.24) is 0 Å². The van der Waals surface area contributed by atoms with Crippen molar-refractivity contribution in [1.29, 1.82) is 0 Å². The molecule has 0 N–H and O–H groups in total. The lowest BCUT2D eigenvalue weighted by Crippen LogP contribution is -1.84.